The van der Waals surface area contributed by atoms with E-state index < -0.39 is 5.60 Å². The van der Waals surface area contributed by atoms with Crippen LogP contribution in [0.1, 0.15) is 45.6 Å². The Hall–Kier alpha value is -1.15. The first-order chi connectivity index (χ1) is 11.9. The van der Waals surface area contributed by atoms with E-state index in [1.165, 1.54) is 0 Å². The minimum Gasteiger partial charge on any atom is -0.460 e. The molecule has 1 N–H and O–H groups in total. The van der Waals surface area contributed by atoms with Gasteiger partial charge in [0.2, 0.25) is 0 Å². The molecule has 1 aromatic rings. The van der Waals surface area contributed by atoms with Gasteiger partial charge in [-0.25, -0.2) is 0 Å². The third-order valence-electron chi connectivity index (χ3n) is 3.52. The van der Waals surface area contributed by atoms with Crippen LogP contribution in [0.2, 0.25) is 0 Å². The van der Waals surface area contributed by atoms with E-state index in [-0.39, 0.29) is 18.3 Å². The molecule has 1 atom stereocenters. The van der Waals surface area contributed by atoms with Gasteiger partial charge in [-0.2, -0.15) is 0 Å². The quantitative estimate of drug-likeness (QED) is 0.105. The molecule has 1 rings (SSSR count). The first kappa shape index (κ1) is 21.9. The van der Waals surface area contributed by atoms with Crippen LogP contribution >= 0.6 is 22.6 Å². The molecule has 0 aliphatic carbocycles. The number of esters is 1. The molecule has 1 aromatic carbocycles. The van der Waals surface area contributed by atoms with Gasteiger partial charge in [0.05, 0.1) is 18.7 Å². The largest absolute Gasteiger partial charge is 0.460 e. The molecule has 0 saturated heterocycles. The summed E-state index contributed by atoms with van der Waals surface area (Å²) in [6.45, 7) is 6.70. The van der Waals surface area contributed by atoms with E-state index in [4.69, 9.17) is 9.47 Å². The molecule has 0 unspecified atom stereocenters. The number of halogens is 1. The van der Waals surface area contributed by atoms with E-state index in [1.54, 1.807) is 0 Å². The summed E-state index contributed by atoms with van der Waals surface area (Å²) >= 11 is 2.14. The Morgan fingerprint density at radius 1 is 1.28 bits per heavy atom. The van der Waals surface area contributed by atoms with Crippen LogP contribution in [0.4, 0.5) is 0 Å². The van der Waals surface area contributed by atoms with Crippen LogP contribution in [-0.2, 0) is 20.9 Å². The van der Waals surface area contributed by atoms with Crippen molar-refractivity contribution in [1.29, 1.82) is 0 Å². The molecule has 0 bridgehead atoms. The van der Waals surface area contributed by atoms with Crippen LogP contribution in [-0.4, -0.2) is 33.5 Å². The summed E-state index contributed by atoms with van der Waals surface area (Å²) in [5, 5.41) is 12.6. The summed E-state index contributed by atoms with van der Waals surface area (Å²) in [6.07, 6.45) is 1.73. The molecule has 0 fully saturated rings. The van der Waals surface area contributed by atoms with Crippen LogP contribution in [0.3, 0.4) is 0 Å². The van der Waals surface area contributed by atoms with Crippen LogP contribution in [0.25, 0.3) is 0 Å². The Morgan fingerprint density at radius 2 is 1.96 bits per heavy atom. The average Bonchev–Trinajstić information content (AvgIpc) is 2.54. The molecule has 0 heterocycles. The molecule has 5 nitrogen and oxygen atoms in total. The molecule has 140 valence electrons. The minimum absolute atomic E-state index is 0.128. The van der Waals surface area contributed by atoms with E-state index in [0.717, 1.165) is 18.4 Å². The first-order valence-electron chi connectivity index (χ1n) is 8.46. The summed E-state index contributed by atoms with van der Waals surface area (Å²) in [5.74, 6) is -0.397. The summed E-state index contributed by atoms with van der Waals surface area (Å²) in [6, 6.07) is 10.0. The fourth-order valence-electron chi connectivity index (χ4n) is 2.38. The molecule has 0 amide bonds. The number of alkyl halides is 1. The molecular formula is C19H28INO4. The monoisotopic (exact) mass is 461 g/mol. The predicted molar refractivity (Wildman–Crippen MR) is 107 cm³/mol. The summed E-state index contributed by atoms with van der Waals surface area (Å²) in [4.78, 5) is 12.1. The van der Waals surface area contributed by atoms with Crippen molar-refractivity contribution in [3.8, 4) is 0 Å². The number of carbonyl (C=O) groups excluding carboxylic acids is 1. The van der Waals surface area contributed by atoms with Crippen molar-refractivity contribution in [3.63, 3.8) is 0 Å². The predicted octanol–water partition coefficient (Wildman–Crippen LogP) is 4.60. The van der Waals surface area contributed by atoms with E-state index in [2.05, 4.69) is 27.7 Å². The van der Waals surface area contributed by atoms with Gasteiger partial charge in [0.15, 0.2) is 0 Å². The lowest BCUT2D eigenvalue weighted by molar-refractivity contribution is -0.155. The second kappa shape index (κ2) is 11.5. The molecule has 0 spiro atoms. The average molecular weight is 461 g/mol. The SMILES string of the molecule is CC(C)(C)OC(=O)C[C@H](CCCOCc1ccccc1)/C(CI)=N/O. The van der Waals surface area contributed by atoms with Gasteiger partial charge in [-0.3, -0.25) is 4.79 Å². The number of hydrogen-bond donors (Lipinski definition) is 1. The number of oxime groups is 1. The lowest BCUT2D eigenvalue weighted by atomic mass is 9.95. The summed E-state index contributed by atoms with van der Waals surface area (Å²) < 4.78 is 11.6. The third-order valence-corrected chi connectivity index (χ3v) is 4.30. The molecule has 0 aliphatic rings. The van der Waals surface area contributed by atoms with Gasteiger partial charge >= 0.3 is 5.97 Å². The van der Waals surface area contributed by atoms with Crippen LogP contribution in [0, 0.1) is 5.92 Å². The highest BCUT2D eigenvalue weighted by Gasteiger charge is 2.23. The molecular weight excluding hydrogens is 433 g/mol. The minimum atomic E-state index is -0.513. The Balaban J connectivity index is 2.44. The van der Waals surface area contributed by atoms with Gasteiger partial charge in [-0.15, -0.1) is 0 Å². The number of hydrogen-bond acceptors (Lipinski definition) is 5. The maximum absolute atomic E-state index is 12.1. The third kappa shape index (κ3) is 9.79. The van der Waals surface area contributed by atoms with Crippen LogP contribution in [0.5, 0.6) is 0 Å². The Kier molecular flexibility index (Phi) is 10.0. The van der Waals surface area contributed by atoms with Crippen molar-refractivity contribution in [2.75, 3.05) is 11.0 Å². The number of nitrogens with zero attached hydrogens (tertiary/aromatic N) is 1. The number of benzene rings is 1. The van der Waals surface area contributed by atoms with Crippen molar-refractivity contribution < 1.29 is 19.5 Å². The van der Waals surface area contributed by atoms with E-state index >= 15 is 0 Å². The lowest BCUT2D eigenvalue weighted by Gasteiger charge is -2.22. The lowest BCUT2D eigenvalue weighted by Crippen LogP contribution is -2.28. The van der Waals surface area contributed by atoms with E-state index in [9.17, 15) is 10.0 Å². The highest BCUT2D eigenvalue weighted by molar-refractivity contribution is 14.1. The normalized spacial score (nSPS) is 13.5. The Labute approximate surface area is 163 Å². The molecule has 0 aromatic heterocycles. The number of ether oxygens (including phenoxy) is 2. The van der Waals surface area contributed by atoms with E-state index in [1.807, 2.05) is 51.1 Å². The maximum Gasteiger partial charge on any atom is 0.306 e. The number of carbonyl (C=O) groups is 1. The van der Waals surface area contributed by atoms with Gasteiger partial charge in [0.25, 0.3) is 0 Å². The second-order valence-electron chi connectivity index (χ2n) is 6.89. The van der Waals surface area contributed by atoms with Gasteiger partial charge < -0.3 is 14.7 Å². The zero-order valence-electron chi connectivity index (χ0n) is 15.2. The fourth-order valence-corrected chi connectivity index (χ4v) is 3.16. The molecule has 0 aliphatic heterocycles. The van der Waals surface area contributed by atoms with Crippen molar-refractivity contribution in [2.24, 2.45) is 11.1 Å². The topological polar surface area (TPSA) is 68.1 Å². The Morgan fingerprint density at radius 3 is 2.52 bits per heavy atom. The van der Waals surface area contributed by atoms with Crippen LogP contribution < -0.4 is 0 Å². The van der Waals surface area contributed by atoms with Crippen molar-refractivity contribution in [3.05, 3.63) is 35.9 Å². The van der Waals surface area contributed by atoms with Gasteiger partial charge in [0.1, 0.15) is 5.60 Å². The van der Waals surface area contributed by atoms with Gasteiger partial charge in [-0.05, 0) is 39.2 Å². The van der Waals surface area contributed by atoms with Crippen molar-refractivity contribution >= 4 is 34.3 Å². The van der Waals surface area contributed by atoms with Crippen LogP contribution in [0.15, 0.2) is 35.5 Å². The zero-order chi connectivity index (χ0) is 18.7. The maximum atomic E-state index is 12.1. The second-order valence-corrected chi connectivity index (χ2v) is 7.66. The van der Waals surface area contributed by atoms with Gasteiger partial charge in [-0.1, -0.05) is 58.1 Å². The summed E-state index contributed by atoms with van der Waals surface area (Å²) in [5.41, 5.74) is 1.24. The molecule has 0 saturated carbocycles. The highest BCUT2D eigenvalue weighted by Crippen LogP contribution is 2.19. The molecule has 25 heavy (non-hydrogen) atoms. The molecule has 0 radical (unpaired) electrons. The first-order valence-corrected chi connectivity index (χ1v) is 9.98. The smallest absolute Gasteiger partial charge is 0.306 e. The van der Waals surface area contributed by atoms with Crippen molar-refractivity contribution in [1.82, 2.24) is 0 Å². The standard InChI is InChI=1S/C19H28INO4/c1-19(2,3)25-18(22)12-16(17(13-20)21-23)10-7-11-24-14-15-8-5-4-6-9-15/h4-6,8-9,16,23H,7,10-14H2,1-3H3/b21-17+/t16-/m0/s1. The van der Waals surface area contributed by atoms with E-state index in [0.29, 0.717) is 23.4 Å². The molecule has 6 heteroatoms. The Bertz CT molecular complexity index is 540. The van der Waals surface area contributed by atoms with Gasteiger partial charge in [0, 0.05) is 17.0 Å². The van der Waals surface area contributed by atoms with Crippen molar-refractivity contribution in [2.45, 2.75) is 52.2 Å². The number of rotatable bonds is 10. The highest BCUT2D eigenvalue weighted by atomic mass is 127. The zero-order valence-corrected chi connectivity index (χ0v) is 17.4. The summed E-state index contributed by atoms with van der Waals surface area (Å²) in [7, 11) is 0. The fraction of sp³-hybridized carbons (Fsp3) is 0.579.